The van der Waals surface area contributed by atoms with Gasteiger partial charge in [-0.1, -0.05) is 365 Å². The molecule has 0 N–H and O–H groups in total. The van der Waals surface area contributed by atoms with Gasteiger partial charge in [-0.25, -0.2) is 0 Å². The Morgan fingerprint density at radius 3 is 0.419 bits per heavy atom. The van der Waals surface area contributed by atoms with Gasteiger partial charge in [0.25, 0.3) is 0 Å². The summed E-state index contributed by atoms with van der Waals surface area (Å²) in [6, 6.07) is 10.6. The summed E-state index contributed by atoms with van der Waals surface area (Å²) in [6.07, 6.45) is 0.938. The number of carbonyl (C=O) groups is 1. The van der Waals surface area contributed by atoms with Crippen LogP contribution in [0.25, 0.3) is 0 Å². The van der Waals surface area contributed by atoms with Crippen LogP contribution >= 0.6 is 0 Å². The second kappa shape index (κ2) is 52.5. The first-order valence-electron chi connectivity index (χ1n) is 27.3. The lowest BCUT2D eigenvalue weighted by atomic mass is 9.87. The molecule has 0 aliphatic heterocycles. The van der Waals surface area contributed by atoms with Crippen LogP contribution in [-0.4, -0.2) is 30.8 Å². The molecule has 2 heteroatoms. The summed E-state index contributed by atoms with van der Waals surface area (Å²) in [7, 11) is 4.17. The third-order valence-electron chi connectivity index (χ3n) is 3.34. The molecule has 0 bridgehead atoms. The molecule has 0 fully saturated rings. The average Bonchev–Trinajstić information content (AvgIpc) is 2.90. The van der Waals surface area contributed by atoms with Crippen molar-refractivity contribution in [2.45, 2.75) is 366 Å². The second-order valence-electron chi connectivity index (χ2n) is 36.2. The summed E-state index contributed by atoms with van der Waals surface area (Å²) >= 11 is 0. The van der Waals surface area contributed by atoms with Gasteiger partial charge in [-0.15, -0.1) is 0 Å². The minimum Gasteiger partial charge on any atom is -0.305 e. The maximum absolute atomic E-state index is 9.83. The summed E-state index contributed by atoms with van der Waals surface area (Å²) in [6.45, 7) is 102. The van der Waals surface area contributed by atoms with Crippen LogP contribution in [0.4, 0.5) is 0 Å². The van der Waals surface area contributed by atoms with Gasteiger partial charge < -0.3 is 9.69 Å². The molecule has 0 unspecified atom stereocenters. The Kier molecular flexibility index (Phi) is 82.6. The van der Waals surface area contributed by atoms with Crippen molar-refractivity contribution in [3.63, 3.8) is 0 Å². The Labute approximate surface area is 484 Å². The maximum Gasteiger partial charge on any atom is 0.125 e. The zero-order valence-corrected chi connectivity index (χ0v) is 59.8. The van der Waals surface area contributed by atoms with Crippen LogP contribution in [-0.2, 0) is 10.2 Å². The van der Waals surface area contributed by atoms with Gasteiger partial charge >= 0.3 is 0 Å². The summed E-state index contributed by atoms with van der Waals surface area (Å²) in [4.78, 5) is 12.0. The lowest BCUT2D eigenvalue weighted by Gasteiger charge is -2.27. The number of hydrogen-bond donors (Lipinski definition) is 0. The molecule has 0 spiro atoms. The van der Waals surface area contributed by atoms with E-state index in [4.69, 9.17) is 0 Å². The lowest BCUT2D eigenvalue weighted by Crippen LogP contribution is -2.34. The van der Waals surface area contributed by atoms with Gasteiger partial charge in [0.05, 0.1) is 0 Å². The van der Waals surface area contributed by atoms with E-state index >= 15 is 0 Å². The molecule has 0 aliphatic rings. The van der Waals surface area contributed by atoms with Crippen molar-refractivity contribution in [3.8, 4) is 0 Å². The van der Waals surface area contributed by atoms with Crippen LogP contribution < -0.4 is 0 Å². The first kappa shape index (κ1) is 116. The monoisotopic (exact) mass is 1060 g/mol. The van der Waals surface area contributed by atoms with Crippen molar-refractivity contribution in [1.82, 2.24) is 4.90 Å². The number of nitrogens with zero attached hydrogens (tertiary/aromatic N) is 1. The van der Waals surface area contributed by atoms with Crippen LogP contribution in [0, 0.1) is 54.1 Å². The van der Waals surface area contributed by atoms with Crippen LogP contribution in [0.5, 0.6) is 0 Å². The molecule has 0 saturated heterocycles. The van der Waals surface area contributed by atoms with Crippen LogP contribution in [0.2, 0.25) is 0 Å². The number of aldehydes is 1. The van der Waals surface area contributed by atoms with Crippen LogP contribution in [0.3, 0.4) is 0 Å². The Morgan fingerprint density at radius 2 is 0.378 bits per heavy atom. The van der Waals surface area contributed by atoms with E-state index < -0.39 is 0 Å². The van der Waals surface area contributed by atoms with Crippen LogP contribution in [0.15, 0.2) is 30.3 Å². The van der Waals surface area contributed by atoms with Gasteiger partial charge in [-0.2, -0.15) is 0 Å². The maximum atomic E-state index is 9.83. The number of benzene rings is 1. The molecule has 2 nitrogen and oxygen atoms in total. The molecule has 0 radical (unpaired) electrons. The van der Waals surface area contributed by atoms with Gasteiger partial charge in [0.1, 0.15) is 6.29 Å². The molecule has 1 aromatic rings. The smallest absolute Gasteiger partial charge is 0.125 e. The van der Waals surface area contributed by atoms with Gasteiger partial charge in [-0.05, 0) is 94.6 Å². The van der Waals surface area contributed by atoms with Crippen molar-refractivity contribution < 1.29 is 4.79 Å². The second-order valence-corrected chi connectivity index (χ2v) is 36.2. The largest absolute Gasteiger partial charge is 0.305 e. The van der Waals surface area contributed by atoms with Crippen LogP contribution in [0.1, 0.15) is 361 Å². The number of hydrogen-bond acceptors (Lipinski definition) is 2. The zero-order chi connectivity index (χ0) is 61.4. The van der Waals surface area contributed by atoms with Gasteiger partial charge in [0.2, 0.25) is 0 Å². The zero-order valence-electron chi connectivity index (χ0n) is 59.8. The van der Waals surface area contributed by atoms with E-state index in [0.29, 0.717) is 59.7 Å². The van der Waals surface area contributed by atoms with Crippen molar-refractivity contribution in [2.24, 2.45) is 54.1 Å². The topological polar surface area (TPSA) is 20.3 Å². The standard InChI is InChI=1S/C10H14.C6H15N.C5H10O.9C5H12.C2H6.4CH4/c1-10(2,3)9-7-5-4-6-8-9;1-6(2,3)7(4)5;1-5(2,3)4-6;9*1-5(2,3)4;1-2;;;;/h4-8H,1-3H3;1-5H3;4H,1-3H3;9*1-4H3;1-2H3;4*1H4. The van der Waals surface area contributed by atoms with E-state index in [1.54, 1.807) is 0 Å². The molecule has 0 aliphatic carbocycles. The predicted molar refractivity (Wildman–Crippen MR) is 369 cm³/mol. The van der Waals surface area contributed by atoms with Crippen molar-refractivity contribution in [2.75, 3.05) is 14.1 Å². The Balaban J connectivity index is -0.0000000354. The minimum absolute atomic E-state index is 0. The lowest BCUT2D eigenvalue weighted by molar-refractivity contribution is -0.113. The highest BCUT2D eigenvalue weighted by Crippen LogP contribution is 2.21. The summed E-state index contributed by atoms with van der Waals surface area (Å²) in [5.74, 6) is 0. The van der Waals surface area contributed by atoms with E-state index in [2.05, 4.69) is 340 Å². The van der Waals surface area contributed by atoms with Gasteiger partial charge in [0.15, 0.2) is 0 Å². The quantitative estimate of drug-likeness (QED) is 0.241. The fraction of sp³-hybridized carbons (Fsp3) is 0.903. The fourth-order valence-corrected chi connectivity index (χ4v) is 0.938. The Hall–Kier alpha value is -1.15. The molecule has 0 atom stereocenters. The Morgan fingerprint density at radius 1 is 0.284 bits per heavy atom. The molecular weight excluding hydrogens is 895 g/mol. The summed E-state index contributed by atoms with van der Waals surface area (Å²) in [5, 5.41) is 0. The molecule has 0 amide bonds. The predicted octanol–water partition coefficient (Wildman–Crippen LogP) is 27.6. The summed E-state index contributed by atoms with van der Waals surface area (Å²) < 4.78 is 0. The SMILES string of the molecule is C.C.C.C.CC.CC(C)(C)C.CC(C)(C)C.CC(C)(C)C.CC(C)(C)C.CC(C)(C)C.CC(C)(C)C.CC(C)(C)C.CC(C)(C)C.CC(C)(C)C.CC(C)(C)C=O.CC(C)(C)c1ccccc1.CN(C)C(C)(C)C. The molecule has 0 saturated carbocycles. The molecule has 0 heterocycles. The minimum atomic E-state index is -0.139. The highest BCUT2D eigenvalue weighted by molar-refractivity contribution is 5.56. The van der Waals surface area contributed by atoms with E-state index in [0.717, 1.165) is 6.29 Å². The third-order valence-corrected chi connectivity index (χ3v) is 3.34. The molecule has 468 valence electrons. The van der Waals surface area contributed by atoms with Gasteiger partial charge in [0, 0.05) is 11.0 Å². The first-order valence-corrected chi connectivity index (χ1v) is 27.3. The van der Waals surface area contributed by atoms with E-state index in [9.17, 15) is 4.79 Å². The van der Waals surface area contributed by atoms with E-state index in [1.807, 2.05) is 34.6 Å². The van der Waals surface area contributed by atoms with Crippen molar-refractivity contribution in [3.05, 3.63) is 35.9 Å². The molecule has 1 aromatic carbocycles. The first-order chi connectivity index (χ1) is 29.1. The molecule has 74 heavy (non-hydrogen) atoms. The fourth-order valence-electron chi connectivity index (χ4n) is 0.938. The number of carbonyl (C=O) groups excluding carboxylic acids is 1. The highest BCUT2D eigenvalue weighted by Gasteiger charge is 2.12. The third kappa shape index (κ3) is 724. The summed E-state index contributed by atoms with van der Waals surface area (Å²) in [5.41, 5.74) is 6.39. The van der Waals surface area contributed by atoms with E-state index in [1.165, 1.54) is 5.56 Å². The highest BCUT2D eigenvalue weighted by atomic mass is 16.1. The van der Waals surface area contributed by atoms with Crippen molar-refractivity contribution >= 4 is 6.29 Å². The Bertz CT molecular complexity index is 920. The molecular formula is C72H169NO. The van der Waals surface area contributed by atoms with E-state index in [-0.39, 0.29) is 35.1 Å². The van der Waals surface area contributed by atoms with Gasteiger partial charge in [-0.3, -0.25) is 0 Å². The molecule has 0 aromatic heterocycles. The average molecular weight is 1070 g/mol. The van der Waals surface area contributed by atoms with Crippen molar-refractivity contribution in [1.29, 1.82) is 0 Å². The normalized spacial score (nSPS) is 11.1. The molecule has 1 rings (SSSR count). The number of rotatable bonds is 0.